The first-order valence-electron chi connectivity index (χ1n) is 4.98. The van der Waals surface area contributed by atoms with Gasteiger partial charge in [0.05, 0.1) is 22.0 Å². The van der Waals surface area contributed by atoms with E-state index in [4.69, 9.17) is 10.8 Å². The lowest BCUT2D eigenvalue weighted by molar-refractivity contribution is -0.139. The summed E-state index contributed by atoms with van der Waals surface area (Å²) in [6, 6.07) is -0.902. The zero-order valence-corrected chi connectivity index (χ0v) is 10.5. The molecule has 0 aromatic heterocycles. The van der Waals surface area contributed by atoms with Gasteiger partial charge in [-0.2, -0.15) is 12.6 Å². The van der Waals surface area contributed by atoms with Crippen LogP contribution < -0.4 is 5.73 Å². The van der Waals surface area contributed by atoms with Gasteiger partial charge in [-0.3, -0.25) is 4.79 Å². The van der Waals surface area contributed by atoms with Crippen molar-refractivity contribution in [2.75, 3.05) is 0 Å². The standard InChI is InChI=1S/C5H11NO2S.C2H9B3/c1-5(2,9)3(6)4(7)8;1-2-4-5-3/h3,9H,6H2,1-2H3,(H,7,8);4-5H,2-3H2,1H3. The Hall–Kier alpha value is -0.0252. The molecule has 0 spiro atoms. The Morgan fingerprint density at radius 2 is 2.14 bits per heavy atom. The predicted octanol–water partition coefficient (Wildman–Crippen LogP) is -1.13. The quantitative estimate of drug-likeness (QED) is 0.410. The fourth-order valence-corrected chi connectivity index (χ4v) is 0.766. The Labute approximate surface area is 94.5 Å². The van der Waals surface area contributed by atoms with Crippen LogP contribution in [0.4, 0.5) is 0 Å². The molecule has 0 aliphatic heterocycles. The molecule has 80 valence electrons. The second-order valence-corrected chi connectivity index (χ2v) is 4.98. The van der Waals surface area contributed by atoms with Crippen molar-refractivity contribution in [1.29, 1.82) is 0 Å². The maximum absolute atomic E-state index is 10.2. The molecule has 0 aliphatic carbocycles. The van der Waals surface area contributed by atoms with Crippen molar-refractivity contribution in [2.45, 2.75) is 37.9 Å². The summed E-state index contributed by atoms with van der Waals surface area (Å²) in [5.74, 6) is -1.02. The predicted molar refractivity (Wildman–Crippen MR) is 72.0 cm³/mol. The van der Waals surface area contributed by atoms with Crippen LogP contribution in [0, 0.1) is 0 Å². The summed E-state index contributed by atoms with van der Waals surface area (Å²) in [4.78, 5) is 10.2. The number of aliphatic carboxylic acids is 1. The van der Waals surface area contributed by atoms with E-state index in [1.165, 1.54) is 20.6 Å². The van der Waals surface area contributed by atoms with E-state index < -0.39 is 16.8 Å². The molecule has 0 bridgehead atoms. The minimum Gasteiger partial charge on any atom is -0.480 e. The van der Waals surface area contributed by atoms with Gasteiger partial charge in [-0.15, -0.1) is 0 Å². The van der Waals surface area contributed by atoms with E-state index >= 15 is 0 Å². The van der Waals surface area contributed by atoms with E-state index in [9.17, 15) is 4.79 Å². The third kappa shape index (κ3) is 10.1. The second-order valence-electron chi connectivity index (χ2n) is 3.82. The topological polar surface area (TPSA) is 63.3 Å². The van der Waals surface area contributed by atoms with Gasteiger partial charge in [0.15, 0.2) is 0 Å². The molecule has 0 rings (SSSR count). The van der Waals surface area contributed by atoms with Crippen LogP contribution in [0.5, 0.6) is 0 Å². The van der Waals surface area contributed by atoms with Crippen LogP contribution in [-0.2, 0) is 4.79 Å². The van der Waals surface area contributed by atoms with E-state index in [1.807, 2.05) is 0 Å². The minimum absolute atomic E-state index is 0.647. The third-order valence-electron chi connectivity index (χ3n) is 1.73. The van der Waals surface area contributed by atoms with Crippen LogP contribution in [-0.4, -0.2) is 43.8 Å². The van der Waals surface area contributed by atoms with E-state index in [2.05, 4.69) is 27.3 Å². The SMILES string of the molecule is BBBCC.CC(C)(S)C(N)C(=O)O. The van der Waals surface area contributed by atoms with Crippen LogP contribution in [0.1, 0.15) is 20.8 Å². The highest BCUT2D eigenvalue weighted by molar-refractivity contribution is 7.81. The van der Waals surface area contributed by atoms with Crippen LogP contribution in [0.25, 0.3) is 0 Å². The van der Waals surface area contributed by atoms with Crippen LogP contribution in [0.3, 0.4) is 0 Å². The molecule has 1 unspecified atom stereocenters. The highest BCUT2D eigenvalue weighted by Crippen LogP contribution is 2.15. The molecule has 0 saturated carbocycles. The molecule has 1 atom stereocenters. The Morgan fingerprint density at radius 3 is 2.14 bits per heavy atom. The zero-order chi connectivity index (χ0) is 11.8. The number of thiol groups is 1. The molecule has 14 heavy (non-hydrogen) atoms. The average Bonchev–Trinajstić information content (AvgIpc) is 2.04. The molecule has 0 amide bonds. The van der Waals surface area contributed by atoms with Gasteiger partial charge < -0.3 is 10.8 Å². The highest BCUT2D eigenvalue weighted by Gasteiger charge is 2.27. The van der Waals surface area contributed by atoms with Gasteiger partial charge in [-0.05, 0) is 13.8 Å². The van der Waals surface area contributed by atoms with Gasteiger partial charge >= 0.3 is 5.97 Å². The Kier molecular flexibility index (Phi) is 9.72. The summed E-state index contributed by atoms with van der Waals surface area (Å²) in [5, 5.41) is 8.34. The molecule has 0 aliphatic rings. The van der Waals surface area contributed by atoms with E-state index in [-0.39, 0.29) is 0 Å². The lowest BCUT2D eigenvalue weighted by atomic mass is 9.27. The van der Waals surface area contributed by atoms with Gasteiger partial charge in [-0.25, -0.2) is 0 Å². The maximum Gasteiger partial charge on any atom is 0.321 e. The van der Waals surface area contributed by atoms with Gasteiger partial charge in [0.2, 0.25) is 0 Å². The second kappa shape index (κ2) is 8.30. The molecular weight excluding hydrogens is 195 g/mol. The molecule has 0 aromatic carbocycles. The first-order chi connectivity index (χ1) is 6.27. The first kappa shape index (κ1) is 16.4. The van der Waals surface area contributed by atoms with Crippen LogP contribution in [0.15, 0.2) is 0 Å². The van der Waals surface area contributed by atoms with Gasteiger partial charge in [0, 0.05) is 4.75 Å². The van der Waals surface area contributed by atoms with Crippen molar-refractivity contribution >= 4 is 40.6 Å². The number of carboxylic acids is 1. The normalized spacial score (nSPS) is 12.1. The molecule has 0 aromatic rings. The van der Waals surface area contributed by atoms with Crippen molar-refractivity contribution < 1.29 is 9.90 Å². The molecule has 0 heterocycles. The molecular formula is C7H20B3NO2S. The summed E-state index contributed by atoms with van der Waals surface area (Å²) in [6.45, 7) is 5.54. The van der Waals surface area contributed by atoms with E-state index in [0.717, 1.165) is 0 Å². The fraction of sp³-hybridized carbons (Fsp3) is 0.857. The van der Waals surface area contributed by atoms with Crippen LogP contribution >= 0.6 is 12.6 Å². The number of hydrogen-bond acceptors (Lipinski definition) is 3. The molecule has 7 heteroatoms. The van der Waals surface area contributed by atoms with Crippen molar-refractivity contribution in [3.05, 3.63) is 0 Å². The first-order valence-corrected chi connectivity index (χ1v) is 5.42. The lowest BCUT2D eigenvalue weighted by Gasteiger charge is -2.21. The monoisotopic (exact) mass is 215 g/mol. The average molecular weight is 215 g/mol. The highest BCUT2D eigenvalue weighted by atomic mass is 32.1. The van der Waals surface area contributed by atoms with E-state index in [1.54, 1.807) is 13.8 Å². The van der Waals surface area contributed by atoms with Crippen molar-refractivity contribution in [3.8, 4) is 0 Å². The number of carbonyl (C=O) groups is 1. The molecule has 0 fully saturated rings. The minimum atomic E-state index is -1.02. The lowest BCUT2D eigenvalue weighted by Crippen LogP contribution is -2.45. The largest absolute Gasteiger partial charge is 0.480 e. The van der Waals surface area contributed by atoms with Gasteiger partial charge in [-0.1, -0.05) is 13.2 Å². The maximum atomic E-state index is 10.2. The summed E-state index contributed by atoms with van der Waals surface area (Å²) in [7, 11) is 4.94. The Balaban J connectivity index is 0. The van der Waals surface area contributed by atoms with E-state index in [0.29, 0.717) is 0 Å². The zero-order valence-electron chi connectivity index (χ0n) is 9.58. The Bertz CT molecular complexity index is 162. The van der Waals surface area contributed by atoms with Crippen molar-refractivity contribution in [2.24, 2.45) is 5.73 Å². The number of hydrogen-bond donors (Lipinski definition) is 3. The number of carboxylic acid groups (broad SMARTS) is 1. The smallest absolute Gasteiger partial charge is 0.321 e. The summed E-state index contributed by atoms with van der Waals surface area (Å²) >= 11 is 3.98. The summed E-state index contributed by atoms with van der Waals surface area (Å²) in [5.41, 5.74) is 5.22. The Morgan fingerprint density at radius 1 is 1.71 bits per heavy atom. The molecule has 0 radical (unpaired) electrons. The summed E-state index contributed by atoms with van der Waals surface area (Å²) < 4.78 is -0.647. The third-order valence-corrected chi connectivity index (χ3v) is 2.01. The summed E-state index contributed by atoms with van der Waals surface area (Å²) in [6.07, 6.45) is 1.34. The fourth-order valence-electron chi connectivity index (χ4n) is 0.656. The van der Waals surface area contributed by atoms with Crippen molar-refractivity contribution in [3.63, 3.8) is 0 Å². The molecule has 0 saturated heterocycles. The molecule has 3 nitrogen and oxygen atoms in total. The number of nitrogens with two attached hydrogens (primary N) is 1. The van der Waals surface area contributed by atoms with Gasteiger partial charge in [0.25, 0.3) is 0 Å². The van der Waals surface area contributed by atoms with Crippen LogP contribution in [0.2, 0.25) is 6.32 Å². The number of rotatable bonds is 4. The molecule has 3 N–H and O–H groups in total. The van der Waals surface area contributed by atoms with Gasteiger partial charge in [0.1, 0.15) is 6.04 Å². The van der Waals surface area contributed by atoms with Crippen molar-refractivity contribution in [1.82, 2.24) is 0 Å².